The van der Waals surface area contributed by atoms with Crippen LogP contribution < -0.4 is 5.32 Å². The van der Waals surface area contributed by atoms with E-state index in [1.165, 1.54) is 5.56 Å². The highest BCUT2D eigenvalue weighted by molar-refractivity contribution is 5.90. The third-order valence-corrected chi connectivity index (χ3v) is 3.65. The minimum Gasteiger partial charge on any atom is -0.441 e. The molecule has 0 aliphatic rings. The lowest BCUT2D eigenvalue weighted by Crippen LogP contribution is -2.16. The van der Waals surface area contributed by atoms with Gasteiger partial charge in [-0.15, -0.1) is 0 Å². The van der Waals surface area contributed by atoms with E-state index in [2.05, 4.69) is 27.2 Å². The molecule has 0 spiro atoms. The van der Waals surface area contributed by atoms with Crippen LogP contribution in [0.2, 0.25) is 0 Å². The summed E-state index contributed by atoms with van der Waals surface area (Å²) in [5.74, 6) is 1.20. The average Bonchev–Trinajstić information content (AvgIpc) is 2.96. The molecule has 0 atom stereocenters. The summed E-state index contributed by atoms with van der Waals surface area (Å²) in [6, 6.07) is 9.74. The fourth-order valence-electron chi connectivity index (χ4n) is 2.28. The monoisotopic (exact) mass is 322 g/mol. The van der Waals surface area contributed by atoms with Gasteiger partial charge in [0.2, 0.25) is 17.7 Å². The van der Waals surface area contributed by atoms with Crippen molar-refractivity contribution in [1.29, 1.82) is 0 Å². The Morgan fingerprint density at radius 1 is 1.17 bits per heavy atom. The van der Waals surface area contributed by atoms with Crippen LogP contribution in [0.5, 0.6) is 0 Å². The molecule has 0 saturated carbocycles. The summed E-state index contributed by atoms with van der Waals surface area (Å²) in [7, 11) is 0. The standard InChI is InChI=1S/C18H18N4O2/c1-3-13-5-7-14(8-6-13)17-21-15(12(2)24-17)11-16(23)22-18-19-9-4-10-20-18/h4-10H,3,11H2,1-2H3,(H,19,20,22,23). The molecule has 0 radical (unpaired) electrons. The number of benzene rings is 1. The molecule has 1 amide bonds. The van der Waals surface area contributed by atoms with E-state index < -0.39 is 0 Å². The Morgan fingerprint density at radius 2 is 1.88 bits per heavy atom. The normalized spacial score (nSPS) is 10.6. The van der Waals surface area contributed by atoms with Gasteiger partial charge in [-0.05, 0) is 37.1 Å². The van der Waals surface area contributed by atoms with Crippen LogP contribution in [0.25, 0.3) is 11.5 Å². The van der Waals surface area contributed by atoms with E-state index >= 15 is 0 Å². The Bertz CT molecular complexity index is 826. The largest absolute Gasteiger partial charge is 0.441 e. The Balaban J connectivity index is 1.72. The fourth-order valence-corrected chi connectivity index (χ4v) is 2.28. The van der Waals surface area contributed by atoms with Crippen LogP contribution >= 0.6 is 0 Å². The van der Waals surface area contributed by atoms with Gasteiger partial charge in [-0.3, -0.25) is 10.1 Å². The van der Waals surface area contributed by atoms with Gasteiger partial charge in [0.25, 0.3) is 0 Å². The molecule has 0 bridgehead atoms. The number of nitrogens with zero attached hydrogens (tertiary/aromatic N) is 3. The van der Waals surface area contributed by atoms with E-state index in [1.807, 2.05) is 24.3 Å². The maximum absolute atomic E-state index is 12.1. The third-order valence-electron chi connectivity index (χ3n) is 3.65. The molecule has 3 aromatic rings. The number of nitrogens with one attached hydrogen (secondary N) is 1. The number of oxazole rings is 1. The number of carbonyl (C=O) groups excluding carboxylic acids is 1. The van der Waals surface area contributed by atoms with E-state index in [9.17, 15) is 4.79 Å². The van der Waals surface area contributed by atoms with E-state index in [1.54, 1.807) is 25.4 Å². The lowest BCUT2D eigenvalue weighted by molar-refractivity contribution is -0.115. The van der Waals surface area contributed by atoms with Gasteiger partial charge in [-0.25, -0.2) is 15.0 Å². The molecule has 1 N–H and O–H groups in total. The van der Waals surface area contributed by atoms with Crippen LogP contribution in [-0.2, 0) is 17.6 Å². The lowest BCUT2D eigenvalue weighted by Gasteiger charge is -2.01. The van der Waals surface area contributed by atoms with Crippen molar-refractivity contribution in [3.05, 3.63) is 59.7 Å². The Morgan fingerprint density at radius 3 is 2.54 bits per heavy atom. The van der Waals surface area contributed by atoms with Gasteiger partial charge in [0, 0.05) is 18.0 Å². The predicted octanol–water partition coefficient (Wildman–Crippen LogP) is 3.18. The van der Waals surface area contributed by atoms with E-state index in [-0.39, 0.29) is 18.3 Å². The number of hydrogen-bond donors (Lipinski definition) is 1. The molecule has 6 heteroatoms. The van der Waals surface area contributed by atoms with Crippen LogP contribution in [0.1, 0.15) is 23.9 Å². The SMILES string of the molecule is CCc1ccc(-c2nc(CC(=O)Nc3ncccn3)c(C)o2)cc1. The van der Waals surface area contributed by atoms with Gasteiger partial charge in [-0.1, -0.05) is 19.1 Å². The van der Waals surface area contributed by atoms with Gasteiger partial charge >= 0.3 is 0 Å². The molecular formula is C18H18N4O2. The van der Waals surface area contributed by atoms with Crippen molar-refractivity contribution in [2.45, 2.75) is 26.7 Å². The number of hydrogen-bond acceptors (Lipinski definition) is 5. The summed E-state index contributed by atoms with van der Waals surface area (Å²) in [6.45, 7) is 3.91. The Labute approximate surface area is 140 Å². The minimum atomic E-state index is -0.231. The van der Waals surface area contributed by atoms with Crippen molar-refractivity contribution < 1.29 is 9.21 Å². The summed E-state index contributed by atoms with van der Waals surface area (Å²) in [5.41, 5.74) is 2.76. The van der Waals surface area contributed by atoms with Gasteiger partial charge in [0.1, 0.15) is 5.76 Å². The Hall–Kier alpha value is -3.02. The predicted molar refractivity (Wildman–Crippen MR) is 90.4 cm³/mol. The van der Waals surface area contributed by atoms with E-state index in [0.717, 1.165) is 12.0 Å². The van der Waals surface area contributed by atoms with Gasteiger partial charge in [-0.2, -0.15) is 0 Å². The molecule has 0 unspecified atom stereocenters. The fraction of sp³-hybridized carbons (Fsp3) is 0.222. The quantitative estimate of drug-likeness (QED) is 0.780. The summed E-state index contributed by atoms with van der Waals surface area (Å²) in [6.07, 6.45) is 4.24. The second kappa shape index (κ2) is 7.04. The molecule has 0 aliphatic heterocycles. The first-order chi connectivity index (χ1) is 11.7. The van der Waals surface area contributed by atoms with Crippen molar-refractivity contribution in [1.82, 2.24) is 15.0 Å². The summed E-state index contributed by atoms with van der Waals surface area (Å²) in [5, 5.41) is 2.64. The zero-order valence-electron chi connectivity index (χ0n) is 13.6. The maximum Gasteiger partial charge on any atom is 0.232 e. The van der Waals surface area contributed by atoms with Crippen molar-refractivity contribution in [2.24, 2.45) is 0 Å². The van der Waals surface area contributed by atoms with E-state index in [0.29, 0.717) is 17.3 Å². The molecule has 3 rings (SSSR count). The molecule has 2 aromatic heterocycles. The third kappa shape index (κ3) is 3.65. The molecule has 6 nitrogen and oxygen atoms in total. The molecule has 0 aliphatic carbocycles. The second-order valence-electron chi connectivity index (χ2n) is 5.37. The minimum absolute atomic E-state index is 0.112. The average molecular weight is 322 g/mol. The van der Waals surface area contributed by atoms with Crippen LogP contribution in [0.3, 0.4) is 0 Å². The molecule has 0 fully saturated rings. The lowest BCUT2D eigenvalue weighted by atomic mass is 10.1. The molecular weight excluding hydrogens is 304 g/mol. The second-order valence-corrected chi connectivity index (χ2v) is 5.37. The van der Waals surface area contributed by atoms with E-state index in [4.69, 9.17) is 4.42 Å². The van der Waals surface area contributed by atoms with Crippen LogP contribution in [0, 0.1) is 6.92 Å². The number of aryl methyl sites for hydroxylation is 2. The van der Waals surface area contributed by atoms with Crippen molar-refractivity contribution in [2.75, 3.05) is 5.32 Å². The highest BCUT2D eigenvalue weighted by Crippen LogP contribution is 2.22. The number of aromatic nitrogens is 3. The first-order valence-corrected chi connectivity index (χ1v) is 7.78. The van der Waals surface area contributed by atoms with Gasteiger partial charge in [0.05, 0.1) is 12.1 Å². The highest BCUT2D eigenvalue weighted by atomic mass is 16.4. The summed E-state index contributed by atoms with van der Waals surface area (Å²) in [4.78, 5) is 24.5. The number of amides is 1. The number of carbonyl (C=O) groups is 1. The molecule has 122 valence electrons. The number of rotatable bonds is 5. The van der Waals surface area contributed by atoms with Crippen LogP contribution in [0.15, 0.2) is 47.1 Å². The van der Waals surface area contributed by atoms with Crippen LogP contribution in [0.4, 0.5) is 5.95 Å². The van der Waals surface area contributed by atoms with Crippen molar-refractivity contribution in [3.63, 3.8) is 0 Å². The zero-order valence-corrected chi connectivity index (χ0v) is 13.6. The molecule has 1 aromatic carbocycles. The molecule has 24 heavy (non-hydrogen) atoms. The van der Waals surface area contributed by atoms with Gasteiger partial charge < -0.3 is 4.42 Å². The molecule has 2 heterocycles. The van der Waals surface area contributed by atoms with Crippen LogP contribution in [-0.4, -0.2) is 20.9 Å². The smallest absolute Gasteiger partial charge is 0.232 e. The Kier molecular flexibility index (Phi) is 4.65. The summed E-state index contributed by atoms with van der Waals surface area (Å²) >= 11 is 0. The first kappa shape index (κ1) is 15.9. The highest BCUT2D eigenvalue weighted by Gasteiger charge is 2.15. The topological polar surface area (TPSA) is 80.9 Å². The van der Waals surface area contributed by atoms with Crippen molar-refractivity contribution in [3.8, 4) is 11.5 Å². The van der Waals surface area contributed by atoms with Crippen molar-refractivity contribution >= 4 is 11.9 Å². The first-order valence-electron chi connectivity index (χ1n) is 7.78. The summed E-state index contributed by atoms with van der Waals surface area (Å²) < 4.78 is 5.70. The van der Waals surface area contributed by atoms with Gasteiger partial charge in [0.15, 0.2) is 0 Å². The maximum atomic E-state index is 12.1. The zero-order chi connectivity index (χ0) is 16.9. The number of anilines is 1. The molecule has 0 saturated heterocycles.